The Morgan fingerprint density at radius 3 is 2.39 bits per heavy atom. The Morgan fingerprint density at radius 2 is 1.79 bits per heavy atom. The van der Waals surface area contributed by atoms with E-state index in [9.17, 15) is 22.4 Å². The van der Waals surface area contributed by atoms with Gasteiger partial charge in [0.2, 0.25) is 5.82 Å². The molecule has 1 amide bonds. The highest BCUT2D eigenvalue weighted by atomic mass is 19.4. The van der Waals surface area contributed by atoms with Crippen molar-refractivity contribution in [1.29, 1.82) is 0 Å². The van der Waals surface area contributed by atoms with Crippen LogP contribution >= 0.6 is 0 Å². The molecule has 1 aliphatic carbocycles. The number of hydrogen-bond donors (Lipinski definition) is 2. The lowest BCUT2D eigenvalue weighted by Crippen LogP contribution is -2.38. The molecule has 2 unspecified atom stereocenters. The third-order valence-corrected chi connectivity index (χ3v) is 6.41. The zero-order valence-electron chi connectivity index (χ0n) is 17.6. The number of likely N-dealkylation sites (tertiary alicyclic amines) is 1. The van der Waals surface area contributed by atoms with E-state index in [1.54, 1.807) is 12.1 Å². The Bertz CT molecular complexity index is 1040. The van der Waals surface area contributed by atoms with Gasteiger partial charge in [-0.15, -0.1) is 10.2 Å². The molecule has 2 aliphatic heterocycles. The number of carbonyl (C=O) groups excluding carboxylic acids is 1. The molecule has 8 nitrogen and oxygen atoms in total. The summed E-state index contributed by atoms with van der Waals surface area (Å²) in [5, 5.41) is 18.2. The summed E-state index contributed by atoms with van der Waals surface area (Å²) in [5.74, 6) is -1.08. The third-order valence-electron chi connectivity index (χ3n) is 6.41. The van der Waals surface area contributed by atoms with Crippen LogP contribution in [0.4, 0.5) is 23.2 Å². The van der Waals surface area contributed by atoms with Crippen molar-refractivity contribution in [1.82, 2.24) is 19.7 Å². The first-order valence-electron chi connectivity index (χ1n) is 10.6. The predicted octanol–water partition coefficient (Wildman–Crippen LogP) is 2.96. The maximum Gasteiger partial charge on any atom is 0.490 e. The van der Waals surface area contributed by atoms with Crippen molar-refractivity contribution < 1.29 is 32.3 Å². The summed E-state index contributed by atoms with van der Waals surface area (Å²) in [5.41, 5.74) is 0.429. The minimum Gasteiger partial charge on any atom is -0.475 e. The van der Waals surface area contributed by atoms with Gasteiger partial charge in [-0.05, 0) is 42.9 Å². The molecule has 178 valence electrons. The van der Waals surface area contributed by atoms with E-state index in [0.29, 0.717) is 23.3 Å². The molecule has 3 aliphatic rings. The standard InChI is InChI=1S/C19H22FN5O.C2HF3O2/c20-14-3-1-4-15(8-14)21-19(26)18-23-22-17-7-12-9-24(16-5-2-6-16)10-13(12)11-25(17)18;3-2(4,5)1(6)7/h1,3-4,8,12-13,16H,2,5-7,9-11H2,(H,21,26);(H,6,7). The Hall–Kier alpha value is -3.02. The molecule has 3 heterocycles. The number of nitrogens with zero attached hydrogens (tertiary/aromatic N) is 4. The van der Waals surface area contributed by atoms with Gasteiger partial charge in [0.1, 0.15) is 11.6 Å². The van der Waals surface area contributed by atoms with Crippen molar-refractivity contribution in [2.75, 3.05) is 18.4 Å². The van der Waals surface area contributed by atoms with Crippen LogP contribution in [-0.4, -0.2) is 62.0 Å². The van der Waals surface area contributed by atoms with Crippen molar-refractivity contribution in [3.05, 3.63) is 41.7 Å². The number of nitrogens with one attached hydrogen (secondary N) is 1. The van der Waals surface area contributed by atoms with Gasteiger partial charge in [0, 0.05) is 37.8 Å². The molecule has 2 N–H and O–H groups in total. The topological polar surface area (TPSA) is 100 Å². The molecule has 5 rings (SSSR count). The van der Waals surface area contributed by atoms with Crippen LogP contribution in [0.5, 0.6) is 0 Å². The highest BCUT2D eigenvalue weighted by Crippen LogP contribution is 2.37. The summed E-state index contributed by atoms with van der Waals surface area (Å²) in [6.45, 7) is 3.05. The molecule has 12 heteroatoms. The number of rotatable bonds is 3. The number of carboxylic acids is 1. The zero-order valence-corrected chi connectivity index (χ0v) is 17.6. The van der Waals surface area contributed by atoms with Gasteiger partial charge in [0.05, 0.1) is 0 Å². The van der Waals surface area contributed by atoms with Crippen LogP contribution in [0, 0.1) is 17.7 Å². The number of alkyl halides is 3. The van der Waals surface area contributed by atoms with Gasteiger partial charge in [-0.25, -0.2) is 9.18 Å². The zero-order chi connectivity index (χ0) is 23.8. The van der Waals surface area contributed by atoms with Crippen molar-refractivity contribution in [3.8, 4) is 0 Å². The predicted molar refractivity (Wildman–Crippen MR) is 108 cm³/mol. The van der Waals surface area contributed by atoms with Crippen molar-refractivity contribution in [2.45, 2.75) is 44.4 Å². The maximum atomic E-state index is 13.3. The fourth-order valence-corrected chi connectivity index (χ4v) is 4.53. The first kappa shape index (κ1) is 23.1. The van der Waals surface area contributed by atoms with E-state index in [2.05, 4.69) is 20.4 Å². The molecule has 1 aromatic carbocycles. The minimum absolute atomic E-state index is 0.324. The fourth-order valence-electron chi connectivity index (χ4n) is 4.53. The van der Waals surface area contributed by atoms with Gasteiger partial charge < -0.3 is 15.0 Å². The summed E-state index contributed by atoms with van der Waals surface area (Å²) < 4.78 is 47.0. The Labute approximate surface area is 186 Å². The molecule has 1 saturated carbocycles. The molecule has 1 aromatic heterocycles. The number of benzene rings is 1. The second-order valence-electron chi connectivity index (χ2n) is 8.58. The van der Waals surface area contributed by atoms with E-state index < -0.39 is 12.1 Å². The van der Waals surface area contributed by atoms with Crippen LogP contribution < -0.4 is 5.32 Å². The molecule has 2 aromatic rings. The van der Waals surface area contributed by atoms with Crippen molar-refractivity contribution in [2.24, 2.45) is 11.8 Å². The van der Waals surface area contributed by atoms with Crippen LogP contribution in [-0.2, 0) is 17.8 Å². The van der Waals surface area contributed by atoms with Crippen molar-refractivity contribution in [3.63, 3.8) is 0 Å². The number of amides is 1. The number of halogens is 4. The monoisotopic (exact) mass is 469 g/mol. The average Bonchev–Trinajstić information content (AvgIpc) is 3.27. The molecule has 0 radical (unpaired) electrons. The number of carbonyl (C=O) groups is 2. The first-order valence-corrected chi connectivity index (χ1v) is 10.6. The number of anilines is 1. The van der Waals surface area contributed by atoms with E-state index in [1.807, 2.05) is 4.57 Å². The lowest BCUT2D eigenvalue weighted by atomic mass is 9.89. The van der Waals surface area contributed by atoms with Crippen molar-refractivity contribution >= 4 is 17.6 Å². The first-order chi connectivity index (χ1) is 15.6. The molecular formula is C21H23F4N5O3. The SMILES string of the molecule is O=C(Nc1cccc(F)c1)c1nnc2n1CC1CN(C3CCC3)CC1C2.O=C(O)C(F)(F)F. The van der Waals surface area contributed by atoms with Gasteiger partial charge in [-0.3, -0.25) is 9.69 Å². The van der Waals surface area contributed by atoms with E-state index in [0.717, 1.165) is 37.9 Å². The van der Waals surface area contributed by atoms with Gasteiger partial charge in [0.15, 0.2) is 0 Å². The average molecular weight is 469 g/mol. The second-order valence-corrected chi connectivity index (χ2v) is 8.58. The molecule has 0 spiro atoms. The van der Waals surface area contributed by atoms with E-state index in [4.69, 9.17) is 9.90 Å². The fraction of sp³-hybridized carbons (Fsp3) is 0.524. The van der Waals surface area contributed by atoms with Gasteiger partial charge >= 0.3 is 12.1 Å². The van der Waals surface area contributed by atoms with Gasteiger partial charge in [-0.2, -0.15) is 13.2 Å². The van der Waals surface area contributed by atoms with Gasteiger partial charge in [-0.1, -0.05) is 12.5 Å². The molecule has 33 heavy (non-hydrogen) atoms. The maximum absolute atomic E-state index is 13.3. The van der Waals surface area contributed by atoms with Crippen LogP contribution in [0.1, 0.15) is 35.7 Å². The number of hydrogen-bond acceptors (Lipinski definition) is 5. The normalized spacial score (nSPS) is 22.4. The summed E-state index contributed by atoms with van der Waals surface area (Å²) in [4.78, 5) is 24.1. The lowest BCUT2D eigenvalue weighted by molar-refractivity contribution is -0.192. The van der Waals surface area contributed by atoms with Gasteiger partial charge in [0.25, 0.3) is 5.91 Å². The Kier molecular flexibility index (Phi) is 6.37. The minimum atomic E-state index is -5.08. The number of fused-ring (bicyclic) bond motifs is 2. The van der Waals surface area contributed by atoms with E-state index in [1.165, 1.54) is 31.4 Å². The molecule has 0 bridgehead atoms. The summed E-state index contributed by atoms with van der Waals surface area (Å²) in [6, 6.07) is 6.65. The van der Waals surface area contributed by atoms with Crippen LogP contribution in [0.15, 0.2) is 24.3 Å². The summed E-state index contributed by atoms with van der Waals surface area (Å²) in [7, 11) is 0. The highest BCUT2D eigenvalue weighted by Gasteiger charge is 2.42. The quantitative estimate of drug-likeness (QED) is 0.671. The smallest absolute Gasteiger partial charge is 0.475 e. The molecular weight excluding hydrogens is 446 g/mol. The number of carboxylic acid groups (broad SMARTS) is 1. The third kappa shape index (κ3) is 5.15. The second kappa shape index (κ2) is 9.08. The number of aromatic nitrogens is 3. The molecule has 2 atom stereocenters. The number of aliphatic carboxylic acids is 1. The lowest BCUT2D eigenvalue weighted by Gasteiger charge is -2.34. The summed E-state index contributed by atoms with van der Waals surface area (Å²) in [6.07, 6.45) is -0.194. The Morgan fingerprint density at radius 1 is 1.09 bits per heavy atom. The summed E-state index contributed by atoms with van der Waals surface area (Å²) >= 11 is 0. The van der Waals surface area contributed by atoms with E-state index >= 15 is 0 Å². The van der Waals surface area contributed by atoms with Crippen LogP contribution in [0.3, 0.4) is 0 Å². The van der Waals surface area contributed by atoms with E-state index in [-0.39, 0.29) is 11.7 Å². The molecule has 2 fully saturated rings. The largest absolute Gasteiger partial charge is 0.490 e. The Balaban J connectivity index is 0.000000325. The van der Waals surface area contributed by atoms with Crippen LogP contribution in [0.2, 0.25) is 0 Å². The van der Waals surface area contributed by atoms with Crippen LogP contribution in [0.25, 0.3) is 0 Å². The highest BCUT2D eigenvalue weighted by molar-refractivity contribution is 6.01. The molecule has 1 saturated heterocycles.